The van der Waals surface area contributed by atoms with Gasteiger partial charge in [-0.1, -0.05) is 94.7 Å². The first-order chi connectivity index (χ1) is 33.7. The number of allylic oxidation sites excluding steroid dienone is 4. The van der Waals surface area contributed by atoms with E-state index in [0.717, 1.165) is 106 Å². The molecule has 3 aromatic rings. The van der Waals surface area contributed by atoms with E-state index in [1.54, 1.807) is 37.3 Å². The first-order valence-corrected chi connectivity index (χ1v) is 27.5. The molecule has 402 valence electrons. The van der Waals surface area contributed by atoms with Crippen molar-refractivity contribution in [2.45, 2.75) is 233 Å². The number of hydrogen-bond acceptors (Lipinski definition) is 9. The van der Waals surface area contributed by atoms with Crippen LogP contribution in [0.5, 0.6) is 34.5 Å². The highest BCUT2D eigenvalue weighted by Crippen LogP contribution is 2.54. The number of unbranched alkanes of at least 4 members (excludes halogenated alkanes) is 6. The summed E-state index contributed by atoms with van der Waals surface area (Å²) in [5, 5.41) is 80.0. The first-order valence-electron chi connectivity index (χ1n) is 27.5. The largest absolute Gasteiger partial charge is 0.508 e. The summed E-state index contributed by atoms with van der Waals surface area (Å²) < 4.78 is 6.36. The third-order valence-electron chi connectivity index (χ3n) is 15.4. The molecular formula is C63H96O9. The number of phenols is 5. The summed E-state index contributed by atoms with van der Waals surface area (Å²) in [7, 11) is 0. The predicted molar refractivity (Wildman–Crippen MR) is 296 cm³/mol. The average Bonchev–Trinajstić information content (AvgIpc) is 3.25. The lowest BCUT2D eigenvalue weighted by Crippen LogP contribution is -2.45. The van der Waals surface area contributed by atoms with E-state index in [2.05, 4.69) is 66.7 Å². The molecule has 0 amide bonds. The van der Waals surface area contributed by atoms with Gasteiger partial charge in [0.1, 0.15) is 40.1 Å². The van der Waals surface area contributed by atoms with E-state index in [9.17, 15) is 40.9 Å². The topological polar surface area (TPSA) is 171 Å². The van der Waals surface area contributed by atoms with Crippen LogP contribution in [0.2, 0.25) is 0 Å². The second-order valence-electron chi connectivity index (χ2n) is 23.5. The minimum absolute atomic E-state index is 0.0241. The molecule has 0 radical (unpaired) electrons. The van der Waals surface area contributed by atoms with Crippen LogP contribution in [-0.4, -0.2) is 63.3 Å². The first kappa shape index (κ1) is 60.1. The summed E-state index contributed by atoms with van der Waals surface area (Å²) in [4.78, 5) is 0. The zero-order chi connectivity index (χ0) is 53.6. The van der Waals surface area contributed by atoms with E-state index >= 15 is 0 Å². The minimum atomic E-state index is -0.861. The van der Waals surface area contributed by atoms with Crippen molar-refractivity contribution in [3.05, 3.63) is 106 Å². The number of aryl methyl sites for hydroxylation is 3. The Morgan fingerprint density at radius 3 is 1.49 bits per heavy atom. The van der Waals surface area contributed by atoms with Crippen LogP contribution in [0.25, 0.3) is 0 Å². The fraction of sp³-hybridized carbons (Fsp3) is 0.619. The quantitative estimate of drug-likeness (QED) is 0.0545. The molecule has 0 saturated carbocycles. The molecule has 9 nitrogen and oxygen atoms in total. The molecule has 0 bridgehead atoms. The number of aliphatic hydroxyl groups is 3. The maximum Gasteiger partial charge on any atom is 0.127 e. The number of rotatable bonds is 15. The van der Waals surface area contributed by atoms with Crippen molar-refractivity contribution in [1.29, 1.82) is 0 Å². The Labute approximate surface area is 434 Å². The SMILES string of the molecule is CC(C)(O)[C@H]1C=C[C@](C)(O)CC1.CCCCCc1cc(O)c([C@@H]2C=C(C)CC[C@H]2C(C)(C)O)c(O)c1.CCCCCc1cc(O)c2c(c1)OC(C)(C)[C@@H]1CCC(C)=C[C@@H]21.CCCCCc1cc(O)cc(O)c1. The molecule has 0 fully saturated rings. The molecule has 72 heavy (non-hydrogen) atoms. The lowest BCUT2D eigenvalue weighted by Gasteiger charge is -2.46. The molecule has 4 aliphatic rings. The normalized spacial score (nSPS) is 23.2. The fourth-order valence-electron chi connectivity index (χ4n) is 11.1. The third-order valence-corrected chi connectivity index (χ3v) is 15.4. The van der Waals surface area contributed by atoms with Crippen LogP contribution < -0.4 is 4.74 Å². The van der Waals surface area contributed by atoms with Crippen LogP contribution in [-0.2, 0) is 19.3 Å². The monoisotopic (exact) mass is 997 g/mol. The lowest BCUT2D eigenvalue weighted by atomic mass is 9.68. The van der Waals surface area contributed by atoms with Gasteiger partial charge in [0.25, 0.3) is 0 Å². The Hall–Kier alpha value is -4.44. The van der Waals surface area contributed by atoms with E-state index in [1.807, 2.05) is 39.8 Å². The van der Waals surface area contributed by atoms with Crippen molar-refractivity contribution in [3.8, 4) is 34.5 Å². The average molecular weight is 997 g/mol. The van der Waals surface area contributed by atoms with E-state index in [-0.39, 0.29) is 52.3 Å². The van der Waals surface area contributed by atoms with E-state index in [1.165, 1.54) is 54.9 Å². The van der Waals surface area contributed by atoms with Crippen LogP contribution in [0.3, 0.4) is 0 Å². The van der Waals surface area contributed by atoms with Gasteiger partial charge in [0.05, 0.1) is 16.8 Å². The van der Waals surface area contributed by atoms with Gasteiger partial charge in [-0.3, -0.25) is 0 Å². The molecule has 1 heterocycles. The molecule has 0 saturated heterocycles. The smallest absolute Gasteiger partial charge is 0.127 e. The molecule has 3 aromatic carbocycles. The Kier molecular flexibility index (Phi) is 22.3. The standard InChI is InChI=1S/C21H32O3.C21H30O2.C11H16O2.C10H18O2/c1-5-6-7-8-15-12-18(22)20(19(23)13-15)16-11-14(2)9-10-17(16)21(3,4)24;1-5-6-7-8-15-12-18(22)20-16-11-14(2)9-10-17(16)21(3,4)23-19(20)13-15;1-2-3-4-5-9-6-10(12)8-11(13)7-9;1-9(2,11)8-4-6-10(3,12)7-5-8/h11-13,16-17,22-24H,5-10H2,1-4H3;11-13,16-17,22H,5-10H2,1-4H3;6-8,12-13H,2-5H2,1H3;4,6,8,11-12H,5,7H2,1-3H3/t2*16-,17-;;8-,10-/m11.0/s1. The van der Waals surface area contributed by atoms with Gasteiger partial charge in [-0.25, -0.2) is 0 Å². The highest BCUT2D eigenvalue weighted by Gasteiger charge is 2.45. The molecule has 6 atom stereocenters. The Bertz CT molecular complexity index is 2230. The van der Waals surface area contributed by atoms with Crippen LogP contribution >= 0.6 is 0 Å². The summed E-state index contributed by atoms with van der Waals surface area (Å²) in [6, 6.07) is 12.5. The Morgan fingerprint density at radius 2 is 1.03 bits per heavy atom. The van der Waals surface area contributed by atoms with Gasteiger partial charge < -0.3 is 45.6 Å². The van der Waals surface area contributed by atoms with E-state index in [0.29, 0.717) is 17.2 Å². The number of benzene rings is 3. The molecule has 0 spiro atoms. The van der Waals surface area contributed by atoms with E-state index in [4.69, 9.17) is 4.74 Å². The van der Waals surface area contributed by atoms with Crippen LogP contribution in [0.15, 0.2) is 77.9 Å². The molecule has 3 aliphatic carbocycles. The highest BCUT2D eigenvalue weighted by atomic mass is 16.5. The van der Waals surface area contributed by atoms with Crippen molar-refractivity contribution in [2.75, 3.05) is 0 Å². The zero-order valence-corrected chi connectivity index (χ0v) is 46.5. The molecule has 9 heteroatoms. The predicted octanol–water partition coefficient (Wildman–Crippen LogP) is 15.1. The second-order valence-corrected chi connectivity index (χ2v) is 23.5. The van der Waals surface area contributed by atoms with Gasteiger partial charge in [-0.05, 0) is 198 Å². The molecule has 7 rings (SSSR count). The summed E-state index contributed by atoms with van der Waals surface area (Å²) in [6.45, 7) is 24.2. The summed E-state index contributed by atoms with van der Waals surface area (Å²) in [6.07, 6.45) is 27.1. The Morgan fingerprint density at radius 1 is 0.569 bits per heavy atom. The van der Waals surface area contributed by atoms with Crippen LogP contribution in [0.1, 0.15) is 219 Å². The van der Waals surface area contributed by atoms with Gasteiger partial charge in [-0.2, -0.15) is 0 Å². The third kappa shape index (κ3) is 17.9. The fourth-order valence-corrected chi connectivity index (χ4v) is 11.1. The molecule has 1 aliphatic heterocycles. The molecule has 0 aromatic heterocycles. The maximum absolute atomic E-state index is 10.7. The van der Waals surface area contributed by atoms with Gasteiger partial charge in [0, 0.05) is 40.9 Å². The van der Waals surface area contributed by atoms with E-state index < -0.39 is 16.8 Å². The minimum Gasteiger partial charge on any atom is -0.508 e. The summed E-state index contributed by atoms with van der Waals surface area (Å²) >= 11 is 0. The second kappa shape index (κ2) is 26.7. The number of ether oxygens (including phenoxy) is 1. The molecular weight excluding hydrogens is 901 g/mol. The van der Waals surface area contributed by atoms with Crippen molar-refractivity contribution in [2.24, 2.45) is 17.8 Å². The Balaban J connectivity index is 0.000000218. The number of fused-ring (bicyclic) bond motifs is 3. The molecule has 0 unspecified atom stereocenters. The maximum atomic E-state index is 10.7. The van der Waals surface area contributed by atoms with Crippen LogP contribution in [0.4, 0.5) is 0 Å². The molecule has 8 N–H and O–H groups in total. The highest BCUT2D eigenvalue weighted by molar-refractivity contribution is 5.54. The van der Waals surface area contributed by atoms with Gasteiger partial charge in [0.2, 0.25) is 0 Å². The number of phenolic OH excluding ortho intramolecular Hbond substituents is 5. The zero-order valence-electron chi connectivity index (χ0n) is 46.5. The van der Waals surface area contributed by atoms with Gasteiger partial charge in [-0.15, -0.1) is 0 Å². The van der Waals surface area contributed by atoms with Crippen molar-refractivity contribution in [1.82, 2.24) is 0 Å². The van der Waals surface area contributed by atoms with Crippen molar-refractivity contribution in [3.63, 3.8) is 0 Å². The van der Waals surface area contributed by atoms with Crippen molar-refractivity contribution >= 4 is 0 Å². The number of aromatic hydroxyl groups is 5. The van der Waals surface area contributed by atoms with Crippen molar-refractivity contribution < 1.29 is 45.6 Å². The summed E-state index contributed by atoms with van der Waals surface area (Å²) in [5.74, 6) is 2.61. The lowest BCUT2D eigenvalue weighted by molar-refractivity contribution is 0.00412. The summed E-state index contributed by atoms with van der Waals surface area (Å²) in [5.41, 5.74) is 5.05. The van der Waals surface area contributed by atoms with Crippen LogP contribution in [0, 0.1) is 17.8 Å². The van der Waals surface area contributed by atoms with Gasteiger partial charge in [0.15, 0.2) is 0 Å². The number of hydrogen-bond donors (Lipinski definition) is 8. The van der Waals surface area contributed by atoms with Gasteiger partial charge >= 0.3 is 0 Å².